The van der Waals surface area contributed by atoms with E-state index in [1.807, 2.05) is 20.8 Å². The van der Waals surface area contributed by atoms with Crippen molar-refractivity contribution in [2.75, 3.05) is 0 Å². The number of rotatable bonds is 2. The van der Waals surface area contributed by atoms with E-state index in [-0.39, 0.29) is 28.0 Å². The highest BCUT2D eigenvalue weighted by atomic mass is 19.1. The molecule has 1 fully saturated rings. The molecule has 2 atom stereocenters. The van der Waals surface area contributed by atoms with Crippen LogP contribution in [0, 0.1) is 17.0 Å². The van der Waals surface area contributed by atoms with Gasteiger partial charge < -0.3 is 4.42 Å². The van der Waals surface area contributed by atoms with Crippen LogP contribution in [0.25, 0.3) is 11.3 Å². The molecule has 30 heavy (non-hydrogen) atoms. The highest BCUT2D eigenvalue weighted by molar-refractivity contribution is 5.63. The van der Waals surface area contributed by atoms with E-state index in [1.54, 1.807) is 6.07 Å². The molecule has 2 aliphatic rings. The van der Waals surface area contributed by atoms with E-state index in [4.69, 9.17) is 4.42 Å². The van der Waals surface area contributed by atoms with Gasteiger partial charge in [0.15, 0.2) is 0 Å². The predicted octanol–water partition coefficient (Wildman–Crippen LogP) is 5.31. The largest absolute Gasteiger partial charge is 0.424 e. The minimum atomic E-state index is -0.645. The smallest absolute Gasteiger partial charge is 0.229 e. The van der Waals surface area contributed by atoms with Crippen molar-refractivity contribution < 1.29 is 13.2 Å². The third-order valence-electron chi connectivity index (χ3n) is 7.03. The second kappa shape index (κ2) is 5.93. The average molecular weight is 410 g/mol. The fourth-order valence-electron chi connectivity index (χ4n) is 5.36. The topological polar surface area (TPSA) is 64.7 Å². The molecule has 1 aromatic carbocycles. The zero-order chi connectivity index (χ0) is 21.5. The Balaban J connectivity index is 1.69. The lowest BCUT2D eigenvalue weighted by molar-refractivity contribution is 0.199. The summed E-state index contributed by atoms with van der Waals surface area (Å²) in [6, 6.07) is 5.60. The Morgan fingerprint density at radius 2 is 1.73 bits per heavy atom. The molecule has 5 nitrogen and oxygen atoms in total. The first-order chi connectivity index (χ1) is 14.1. The van der Waals surface area contributed by atoms with E-state index in [0.29, 0.717) is 11.8 Å². The normalized spacial score (nSPS) is 24.3. The number of aromatic nitrogens is 4. The maximum atomic E-state index is 14.3. The Morgan fingerprint density at radius 1 is 1.03 bits per heavy atom. The van der Waals surface area contributed by atoms with Crippen LogP contribution >= 0.6 is 0 Å². The average Bonchev–Trinajstić information content (AvgIpc) is 3.30. The molecule has 2 heterocycles. The number of nitrogens with zero attached hydrogens (tertiary/aromatic N) is 4. The van der Waals surface area contributed by atoms with E-state index in [1.165, 1.54) is 18.2 Å². The van der Waals surface area contributed by atoms with Gasteiger partial charge in [-0.25, -0.2) is 8.78 Å². The molecule has 0 saturated heterocycles. The lowest BCUT2D eigenvalue weighted by Crippen LogP contribution is -2.37. The van der Waals surface area contributed by atoms with Crippen LogP contribution in [0.5, 0.6) is 0 Å². The number of fused-ring (bicyclic) bond motifs is 5. The molecule has 2 bridgehead atoms. The number of halogens is 2. The van der Waals surface area contributed by atoms with Gasteiger partial charge >= 0.3 is 0 Å². The SMILES string of the molecule is CC(C)(C)c1nnc([C@@]23CC[C@@H](c4cc(-c5c(F)cccc5F)nnc42)C3(C)C)o1. The molecule has 0 amide bonds. The summed E-state index contributed by atoms with van der Waals surface area (Å²) in [5, 5.41) is 17.5. The van der Waals surface area contributed by atoms with Crippen molar-refractivity contribution in [3.8, 4) is 11.3 Å². The molecule has 0 unspecified atom stereocenters. The van der Waals surface area contributed by atoms with Gasteiger partial charge in [0.05, 0.1) is 22.4 Å². The lowest BCUT2D eigenvalue weighted by atomic mass is 9.68. The quantitative estimate of drug-likeness (QED) is 0.573. The molecule has 0 N–H and O–H groups in total. The monoisotopic (exact) mass is 410 g/mol. The predicted molar refractivity (Wildman–Crippen MR) is 107 cm³/mol. The Morgan fingerprint density at radius 3 is 2.37 bits per heavy atom. The molecule has 3 aromatic rings. The molecule has 0 radical (unpaired) electrons. The van der Waals surface area contributed by atoms with E-state index in [0.717, 1.165) is 24.1 Å². The van der Waals surface area contributed by atoms with Gasteiger partial charge in [-0.15, -0.1) is 15.3 Å². The summed E-state index contributed by atoms with van der Waals surface area (Å²) in [5.74, 6) is 0.0122. The van der Waals surface area contributed by atoms with Crippen LogP contribution in [0.3, 0.4) is 0 Å². The van der Waals surface area contributed by atoms with Gasteiger partial charge in [0.25, 0.3) is 0 Å². The van der Waals surface area contributed by atoms with Gasteiger partial charge in [-0.2, -0.15) is 5.10 Å². The van der Waals surface area contributed by atoms with Crippen LogP contribution in [0.4, 0.5) is 8.78 Å². The minimum Gasteiger partial charge on any atom is -0.424 e. The summed E-state index contributed by atoms with van der Waals surface area (Å²) in [5.41, 5.74) is 0.770. The van der Waals surface area contributed by atoms with Crippen molar-refractivity contribution in [1.29, 1.82) is 0 Å². The highest BCUT2D eigenvalue weighted by Gasteiger charge is 2.67. The second-order valence-corrected chi connectivity index (χ2v) is 10.0. The van der Waals surface area contributed by atoms with E-state index < -0.39 is 17.0 Å². The third-order valence-corrected chi connectivity index (χ3v) is 7.03. The Labute approximate surface area is 173 Å². The fourth-order valence-corrected chi connectivity index (χ4v) is 5.36. The molecular weight excluding hydrogens is 386 g/mol. The van der Waals surface area contributed by atoms with Gasteiger partial charge in [0.2, 0.25) is 11.8 Å². The fraction of sp³-hybridized carbons (Fsp3) is 0.478. The van der Waals surface area contributed by atoms with E-state index in [2.05, 4.69) is 34.2 Å². The third kappa shape index (κ3) is 2.32. The van der Waals surface area contributed by atoms with Crippen LogP contribution in [0.1, 0.15) is 76.4 Å². The first-order valence-electron chi connectivity index (χ1n) is 10.2. The van der Waals surface area contributed by atoms with Crippen molar-refractivity contribution in [1.82, 2.24) is 20.4 Å². The summed E-state index contributed by atoms with van der Waals surface area (Å²) in [6.07, 6.45) is 1.74. The molecule has 2 aromatic heterocycles. The van der Waals surface area contributed by atoms with Crippen molar-refractivity contribution in [3.63, 3.8) is 0 Å². The Kier molecular flexibility index (Phi) is 3.81. The maximum Gasteiger partial charge on any atom is 0.229 e. The van der Waals surface area contributed by atoms with Crippen LogP contribution in [0.2, 0.25) is 0 Å². The second-order valence-electron chi connectivity index (χ2n) is 10.0. The summed E-state index contributed by atoms with van der Waals surface area (Å²) in [4.78, 5) is 0. The Bertz CT molecular complexity index is 1140. The van der Waals surface area contributed by atoms with Crippen molar-refractivity contribution in [3.05, 3.63) is 58.9 Å². The summed E-state index contributed by atoms with van der Waals surface area (Å²) in [7, 11) is 0. The summed E-state index contributed by atoms with van der Waals surface area (Å²) in [6.45, 7) is 10.4. The van der Waals surface area contributed by atoms with Crippen molar-refractivity contribution >= 4 is 0 Å². The maximum absolute atomic E-state index is 14.3. The standard InChI is InChI=1S/C23H24F2N4O/c1-21(2,3)19-28-29-20(30-19)23-10-9-13(22(23,4)5)12-11-16(26-27-18(12)23)17-14(24)7-6-8-15(17)25/h6-8,11,13H,9-10H2,1-5H3/t13-,23+/m0/s1. The summed E-state index contributed by atoms with van der Waals surface area (Å²) < 4.78 is 34.9. The Hall–Kier alpha value is -2.70. The zero-order valence-corrected chi connectivity index (χ0v) is 17.8. The van der Waals surface area contributed by atoms with E-state index >= 15 is 0 Å². The first-order valence-corrected chi connectivity index (χ1v) is 10.2. The van der Waals surface area contributed by atoms with Gasteiger partial charge in [0, 0.05) is 5.41 Å². The van der Waals surface area contributed by atoms with Gasteiger partial charge in [-0.3, -0.25) is 0 Å². The lowest BCUT2D eigenvalue weighted by Gasteiger charge is -2.34. The minimum absolute atomic E-state index is 0.143. The number of hydrogen-bond donors (Lipinski definition) is 0. The molecular formula is C23H24F2N4O. The van der Waals surface area contributed by atoms with Gasteiger partial charge in [-0.1, -0.05) is 40.7 Å². The van der Waals surface area contributed by atoms with Crippen molar-refractivity contribution in [2.45, 2.75) is 64.2 Å². The molecule has 1 saturated carbocycles. The molecule has 0 aliphatic heterocycles. The first kappa shape index (κ1) is 19.3. The van der Waals surface area contributed by atoms with Crippen LogP contribution in [-0.4, -0.2) is 20.4 Å². The highest BCUT2D eigenvalue weighted by Crippen LogP contribution is 2.69. The molecule has 5 rings (SSSR count). The zero-order valence-electron chi connectivity index (χ0n) is 17.8. The molecule has 2 aliphatic carbocycles. The van der Waals surface area contributed by atoms with Crippen LogP contribution in [-0.2, 0) is 10.8 Å². The van der Waals surface area contributed by atoms with Crippen LogP contribution in [0.15, 0.2) is 28.7 Å². The molecule has 7 heteroatoms. The van der Waals surface area contributed by atoms with Gasteiger partial charge in [-0.05, 0) is 47.9 Å². The van der Waals surface area contributed by atoms with Gasteiger partial charge in [0.1, 0.15) is 11.6 Å². The van der Waals surface area contributed by atoms with Crippen LogP contribution < -0.4 is 0 Å². The number of benzene rings is 1. The molecule has 156 valence electrons. The van der Waals surface area contributed by atoms with E-state index in [9.17, 15) is 8.78 Å². The molecule has 0 spiro atoms. The number of hydrogen-bond acceptors (Lipinski definition) is 5. The van der Waals surface area contributed by atoms with Crippen molar-refractivity contribution in [2.24, 2.45) is 5.41 Å². The summed E-state index contributed by atoms with van der Waals surface area (Å²) >= 11 is 0.